The van der Waals surface area contributed by atoms with Gasteiger partial charge in [-0.05, 0) is 69.2 Å². The first-order chi connectivity index (χ1) is 11.8. The largest absolute Gasteiger partial charge is 0.508 e. The lowest BCUT2D eigenvalue weighted by Gasteiger charge is -2.14. The van der Waals surface area contributed by atoms with E-state index < -0.39 is 12.0 Å². The van der Waals surface area contributed by atoms with Gasteiger partial charge in [-0.3, -0.25) is 4.79 Å². The molecule has 0 spiro atoms. The van der Waals surface area contributed by atoms with Crippen molar-refractivity contribution in [1.29, 1.82) is 0 Å². The quantitative estimate of drug-likeness (QED) is 0.442. The van der Waals surface area contributed by atoms with Crippen LogP contribution in [-0.2, 0) is 4.79 Å². The molecule has 1 atom stereocenters. The van der Waals surface area contributed by atoms with Gasteiger partial charge < -0.3 is 14.9 Å². The van der Waals surface area contributed by atoms with Gasteiger partial charge in [-0.1, -0.05) is 6.07 Å². The SMILES string of the molecule is C/C(=N/NC(=O)C(C)Oc1ccc(C)c(C)c1)c1cc(O)ccc1O. The van der Waals surface area contributed by atoms with Crippen molar-refractivity contribution < 1.29 is 19.7 Å². The predicted octanol–water partition coefficient (Wildman–Crippen LogP) is 3.02. The Bertz CT molecular complexity index is 815. The van der Waals surface area contributed by atoms with Gasteiger partial charge in [-0.15, -0.1) is 0 Å². The van der Waals surface area contributed by atoms with Crippen LogP contribution in [0, 0.1) is 13.8 Å². The Morgan fingerprint density at radius 2 is 1.84 bits per heavy atom. The highest BCUT2D eigenvalue weighted by atomic mass is 16.5. The van der Waals surface area contributed by atoms with Gasteiger partial charge in [0.1, 0.15) is 17.2 Å². The van der Waals surface area contributed by atoms with Crippen molar-refractivity contribution in [2.24, 2.45) is 5.10 Å². The number of phenolic OH excluding ortho intramolecular Hbond substituents is 2. The third kappa shape index (κ3) is 4.73. The summed E-state index contributed by atoms with van der Waals surface area (Å²) in [7, 11) is 0. The van der Waals surface area contributed by atoms with Crippen LogP contribution in [-0.4, -0.2) is 27.9 Å². The topological polar surface area (TPSA) is 91.2 Å². The van der Waals surface area contributed by atoms with Crippen LogP contribution in [0.3, 0.4) is 0 Å². The average Bonchev–Trinajstić information content (AvgIpc) is 2.57. The molecule has 0 heterocycles. The minimum Gasteiger partial charge on any atom is -0.508 e. The number of phenols is 2. The van der Waals surface area contributed by atoms with Crippen LogP contribution in [0.4, 0.5) is 0 Å². The van der Waals surface area contributed by atoms with Crippen LogP contribution in [0.5, 0.6) is 17.2 Å². The first kappa shape index (κ1) is 18.3. The zero-order chi connectivity index (χ0) is 18.6. The van der Waals surface area contributed by atoms with E-state index >= 15 is 0 Å². The molecule has 0 aromatic heterocycles. The Morgan fingerprint density at radius 1 is 1.12 bits per heavy atom. The standard InChI is InChI=1S/C19H22N2O4/c1-11-5-7-16(9-12(11)2)25-14(4)19(24)21-20-13(3)17-10-15(22)6-8-18(17)23/h5-10,14,22-23H,1-4H3,(H,21,24)/b20-13-. The molecule has 0 radical (unpaired) electrons. The van der Waals surface area contributed by atoms with Crippen LogP contribution >= 0.6 is 0 Å². The van der Waals surface area contributed by atoms with Crippen molar-refractivity contribution in [3.8, 4) is 17.2 Å². The zero-order valence-electron chi connectivity index (χ0n) is 14.7. The van der Waals surface area contributed by atoms with E-state index in [4.69, 9.17) is 4.74 Å². The van der Waals surface area contributed by atoms with E-state index in [-0.39, 0.29) is 11.5 Å². The van der Waals surface area contributed by atoms with Gasteiger partial charge in [0.25, 0.3) is 5.91 Å². The number of nitrogens with one attached hydrogen (secondary N) is 1. The fourth-order valence-electron chi connectivity index (χ4n) is 2.15. The van der Waals surface area contributed by atoms with Gasteiger partial charge in [0.15, 0.2) is 6.10 Å². The number of nitrogens with zero attached hydrogens (tertiary/aromatic N) is 1. The summed E-state index contributed by atoms with van der Waals surface area (Å²) in [6, 6.07) is 9.71. The summed E-state index contributed by atoms with van der Waals surface area (Å²) in [5, 5.41) is 23.2. The number of hydrogen-bond acceptors (Lipinski definition) is 5. The molecule has 2 rings (SSSR count). The summed E-state index contributed by atoms with van der Waals surface area (Å²) in [5.74, 6) is 0.155. The maximum absolute atomic E-state index is 12.1. The molecule has 6 heteroatoms. The normalized spacial score (nSPS) is 12.6. The first-order valence-electron chi connectivity index (χ1n) is 7.88. The molecule has 25 heavy (non-hydrogen) atoms. The van der Waals surface area contributed by atoms with E-state index in [1.54, 1.807) is 13.8 Å². The second-order valence-corrected chi connectivity index (χ2v) is 5.88. The molecule has 0 aliphatic rings. The number of hydrogen-bond donors (Lipinski definition) is 3. The van der Waals surface area contributed by atoms with Gasteiger partial charge in [-0.25, -0.2) is 5.43 Å². The molecule has 0 bridgehead atoms. The van der Waals surface area contributed by atoms with E-state index in [2.05, 4.69) is 10.5 Å². The molecule has 1 unspecified atom stereocenters. The molecule has 132 valence electrons. The van der Waals surface area contributed by atoms with Crippen LogP contribution in [0.25, 0.3) is 0 Å². The zero-order valence-corrected chi connectivity index (χ0v) is 14.7. The lowest BCUT2D eigenvalue weighted by atomic mass is 10.1. The Kier molecular flexibility index (Phi) is 5.64. The van der Waals surface area contributed by atoms with Gasteiger partial charge in [0.2, 0.25) is 0 Å². The number of benzene rings is 2. The Hall–Kier alpha value is -3.02. The number of ether oxygens (including phenoxy) is 1. The summed E-state index contributed by atoms with van der Waals surface area (Å²) in [6.45, 7) is 7.22. The summed E-state index contributed by atoms with van der Waals surface area (Å²) < 4.78 is 5.62. The van der Waals surface area contributed by atoms with Crippen molar-refractivity contribution in [3.63, 3.8) is 0 Å². The minimum atomic E-state index is -0.739. The van der Waals surface area contributed by atoms with Gasteiger partial charge >= 0.3 is 0 Å². The molecule has 1 amide bonds. The second kappa shape index (κ2) is 7.70. The third-order valence-corrected chi connectivity index (χ3v) is 3.86. The number of aromatic hydroxyl groups is 2. The molecule has 0 saturated carbocycles. The van der Waals surface area contributed by atoms with Crippen molar-refractivity contribution in [2.45, 2.75) is 33.8 Å². The highest BCUT2D eigenvalue weighted by molar-refractivity contribution is 6.01. The monoisotopic (exact) mass is 342 g/mol. The smallest absolute Gasteiger partial charge is 0.280 e. The van der Waals surface area contributed by atoms with Crippen LogP contribution < -0.4 is 10.2 Å². The van der Waals surface area contributed by atoms with Crippen molar-refractivity contribution in [1.82, 2.24) is 5.43 Å². The van der Waals surface area contributed by atoms with Crippen molar-refractivity contribution >= 4 is 11.6 Å². The Labute approximate surface area is 146 Å². The third-order valence-electron chi connectivity index (χ3n) is 3.86. The maximum Gasteiger partial charge on any atom is 0.280 e. The fraction of sp³-hybridized carbons (Fsp3) is 0.263. The minimum absolute atomic E-state index is 0.000110. The number of carbonyl (C=O) groups excluding carboxylic acids is 1. The number of rotatable bonds is 5. The molecule has 2 aromatic rings. The molecule has 6 nitrogen and oxygen atoms in total. The Morgan fingerprint density at radius 3 is 2.52 bits per heavy atom. The summed E-state index contributed by atoms with van der Waals surface area (Å²) in [6.07, 6.45) is -0.739. The van der Waals surface area contributed by atoms with E-state index in [0.717, 1.165) is 11.1 Å². The molecular weight excluding hydrogens is 320 g/mol. The van der Waals surface area contributed by atoms with Gasteiger partial charge in [0, 0.05) is 5.56 Å². The molecule has 0 aliphatic carbocycles. The lowest BCUT2D eigenvalue weighted by molar-refractivity contribution is -0.127. The van der Waals surface area contributed by atoms with E-state index in [1.165, 1.54) is 18.2 Å². The Balaban J connectivity index is 2.02. The average molecular weight is 342 g/mol. The fourth-order valence-corrected chi connectivity index (χ4v) is 2.15. The first-order valence-corrected chi connectivity index (χ1v) is 7.88. The second-order valence-electron chi connectivity index (χ2n) is 5.88. The van der Waals surface area contributed by atoms with Crippen molar-refractivity contribution in [3.05, 3.63) is 53.1 Å². The number of carbonyl (C=O) groups is 1. The summed E-state index contributed by atoms with van der Waals surface area (Å²) in [5.41, 5.74) is 5.33. The highest BCUT2D eigenvalue weighted by Crippen LogP contribution is 2.22. The number of hydrazone groups is 1. The predicted molar refractivity (Wildman–Crippen MR) is 96.1 cm³/mol. The van der Waals surface area contributed by atoms with Crippen molar-refractivity contribution in [2.75, 3.05) is 0 Å². The van der Waals surface area contributed by atoms with Gasteiger partial charge in [-0.2, -0.15) is 5.10 Å². The molecule has 0 saturated heterocycles. The van der Waals surface area contributed by atoms with E-state index in [9.17, 15) is 15.0 Å². The van der Waals surface area contributed by atoms with Gasteiger partial charge in [0.05, 0.1) is 5.71 Å². The molecule has 0 fully saturated rings. The molecule has 3 N–H and O–H groups in total. The lowest BCUT2D eigenvalue weighted by Crippen LogP contribution is -2.34. The van der Waals surface area contributed by atoms with Crippen LogP contribution in [0.15, 0.2) is 41.5 Å². The highest BCUT2D eigenvalue weighted by Gasteiger charge is 2.15. The molecular formula is C19H22N2O4. The summed E-state index contributed by atoms with van der Waals surface area (Å²) >= 11 is 0. The van der Waals surface area contributed by atoms with Crippen LogP contribution in [0.1, 0.15) is 30.5 Å². The molecule has 0 aliphatic heterocycles. The molecule has 2 aromatic carbocycles. The van der Waals surface area contributed by atoms with Crippen LogP contribution in [0.2, 0.25) is 0 Å². The maximum atomic E-state index is 12.1. The number of amides is 1. The number of aryl methyl sites for hydroxylation is 2. The van der Waals surface area contributed by atoms with E-state index in [1.807, 2.05) is 32.0 Å². The van der Waals surface area contributed by atoms with E-state index in [0.29, 0.717) is 17.0 Å². The summed E-state index contributed by atoms with van der Waals surface area (Å²) in [4.78, 5) is 12.1.